The van der Waals surface area contributed by atoms with Crippen molar-refractivity contribution in [1.82, 2.24) is 20.1 Å². The number of pyridine rings is 1. The smallest absolute Gasteiger partial charge is 0.253 e. The summed E-state index contributed by atoms with van der Waals surface area (Å²) < 4.78 is 11.1. The third-order valence-corrected chi connectivity index (χ3v) is 7.25. The van der Waals surface area contributed by atoms with E-state index in [2.05, 4.69) is 15.2 Å². The lowest BCUT2D eigenvalue weighted by Crippen LogP contribution is -2.39. The molecule has 38 heavy (non-hydrogen) atoms. The van der Waals surface area contributed by atoms with Crippen molar-refractivity contribution < 1.29 is 19.1 Å². The predicted molar refractivity (Wildman–Crippen MR) is 145 cm³/mol. The van der Waals surface area contributed by atoms with E-state index < -0.39 is 0 Å². The fraction of sp³-hybridized carbons (Fsp3) is 0.250. The number of carbonyl (C=O) groups excluding carboxylic acids is 2. The van der Waals surface area contributed by atoms with Crippen LogP contribution in [0.3, 0.4) is 0 Å². The second-order valence-corrected chi connectivity index (χ2v) is 9.66. The normalized spacial score (nSPS) is 14.9. The minimum atomic E-state index is -0.257. The SMILES string of the molecule is CCOc1cc([C@@H]2CC(=O)N(CC(=O)N(c3ccccc3)c3nnc(-c4ccncc4)s3)C2)ccc1OC. The first-order valence-electron chi connectivity index (χ1n) is 12.3. The fourth-order valence-corrected chi connectivity index (χ4v) is 5.34. The molecule has 1 aliphatic rings. The molecule has 1 fully saturated rings. The van der Waals surface area contributed by atoms with Crippen molar-refractivity contribution in [1.29, 1.82) is 0 Å². The van der Waals surface area contributed by atoms with Gasteiger partial charge in [0, 0.05) is 36.8 Å². The number of methoxy groups -OCH3 is 1. The Hall–Kier alpha value is -4.31. The molecule has 0 radical (unpaired) electrons. The molecule has 3 heterocycles. The highest BCUT2D eigenvalue weighted by molar-refractivity contribution is 7.18. The molecule has 0 saturated carbocycles. The molecule has 0 unspecified atom stereocenters. The van der Waals surface area contributed by atoms with Crippen LogP contribution in [-0.2, 0) is 9.59 Å². The molecule has 2 aromatic carbocycles. The molecule has 1 aliphatic heterocycles. The van der Waals surface area contributed by atoms with Crippen molar-refractivity contribution >= 4 is 34.0 Å². The van der Waals surface area contributed by atoms with Crippen LogP contribution in [0.25, 0.3) is 10.6 Å². The number of hydrogen-bond donors (Lipinski definition) is 0. The van der Waals surface area contributed by atoms with Gasteiger partial charge in [-0.1, -0.05) is 35.6 Å². The maximum atomic E-state index is 13.7. The molecule has 1 saturated heterocycles. The van der Waals surface area contributed by atoms with Gasteiger partial charge in [-0.05, 0) is 48.9 Å². The molecule has 194 valence electrons. The first-order chi connectivity index (χ1) is 18.6. The number of aromatic nitrogens is 3. The first kappa shape index (κ1) is 25.3. The van der Waals surface area contributed by atoms with Crippen molar-refractivity contribution in [3.63, 3.8) is 0 Å². The van der Waals surface area contributed by atoms with Crippen LogP contribution >= 0.6 is 11.3 Å². The Morgan fingerprint density at radius 1 is 1.08 bits per heavy atom. The quantitative estimate of drug-likeness (QED) is 0.310. The highest BCUT2D eigenvalue weighted by Crippen LogP contribution is 2.36. The number of anilines is 2. The van der Waals surface area contributed by atoms with Gasteiger partial charge in [0.25, 0.3) is 5.91 Å². The van der Waals surface area contributed by atoms with Gasteiger partial charge >= 0.3 is 0 Å². The van der Waals surface area contributed by atoms with Crippen LogP contribution in [0.1, 0.15) is 24.8 Å². The van der Waals surface area contributed by atoms with Crippen LogP contribution in [0, 0.1) is 0 Å². The Balaban J connectivity index is 1.36. The first-order valence-corrected chi connectivity index (χ1v) is 13.1. The molecule has 0 N–H and O–H groups in total. The zero-order chi connectivity index (χ0) is 26.5. The largest absolute Gasteiger partial charge is 0.493 e. The van der Waals surface area contributed by atoms with Crippen molar-refractivity contribution in [2.75, 3.05) is 31.7 Å². The minimum absolute atomic E-state index is 0.0505. The van der Waals surface area contributed by atoms with Crippen molar-refractivity contribution in [3.05, 3.63) is 78.6 Å². The second kappa shape index (κ2) is 11.4. The average molecular weight is 530 g/mol. The zero-order valence-corrected chi connectivity index (χ0v) is 21.9. The van der Waals surface area contributed by atoms with E-state index in [0.717, 1.165) is 11.1 Å². The summed E-state index contributed by atoms with van der Waals surface area (Å²) in [6, 6.07) is 18.7. The number of benzene rings is 2. The van der Waals surface area contributed by atoms with Crippen LogP contribution < -0.4 is 14.4 Å². The standard InChI is InChI=1S/C28H27N5O4S/c1-3-37-24-15-20(9-10-23(24)36-2)21-16-25(34)32(17-21)18-26(35)33(22-7-5-4-6-8-22)28-31-30-27(38-28)19-11-13-29-14-12-19/h4-15,21H,3,16-18H2,1-2H3/t21-/m1/s1. The van der Waals surface area contributed by atoms with Gasteiger partial charge in [0.05, 0.1) is 19.4 Å². The van der Waals surface area contributed by atoms with E-state index in [4.69, 9.17) is 9.47 Å². The predicted octanol–water partition coefficient (Wildman–Crippen LogP) is 4.69. The molecular formula is C28H27N5O4S. The van der Waals surface area contributed by atoms with E-state index in [1.54, 1.807) is 24.4 Å². The lowest BCUT2D eigenvalue weighted by molar-refractivity contribution is -0.131. The van der Waals surface area contributed by atoms with Crippen LogP contribution in [-0.4, -0.2) is 58.7 Å². The fourth-order valence-electron chi connectivity index (χ4n) is 4.45. The Labute approximate surface area is 224 Å². The molecule has 10 heteroatoms. The summed E-state index contributed by atoms with van der Waals surface area (Å²) >= 11 is 1.31. The third-order valence-electron chi connectivity index (χ3n) is 6.30. The van der Waals surface area contributed by atoms with Gasteiger partial charge in [0.2, 0.25) is 11.0 Å². The number of carbonyl (C=O) groups is 2. The third kappa shape index (κ3) is 5.35. The number of amides is 2. The second-order valence-electron chi connectivity index (χ2n) is 8.71. The highest BCUT2D eigenvalue weighted by atomic mass is 32.1. The summed E-state index contributed by atoms with van der Waals surface area (Å²) in [5.74, 6) is 0.914. The Morgan fingerprint density at radius 2 is 1.87 bits per heavy atom. The van der Waals surface area contributed by atoms with Crippen LogP contribution in [0.5, 0.6) is 11.5 Å². The molecule has 1 atom stereocenters. The van der Waals surface area contributed by atoms with Gasteiger partial charge in [-0.25, -0.2) is 0 Å². The molecule has 0 aliphatic carbocycles. The topological polar surface area (TPSA) is 97.8 Å². The summed E-state index contributed by atoms with van der Waals surface area (Å²) in [5.41, 5.74) is 2.51. The Morgan fingerprint density at radius 3 is 2.61 bits per heavy atom. The molecular weight excluding hydrogens is 502 g/mol. The van der Waals surface area contributed by atoms with Gasteiger partial charge in [0.1, 0.15) is 11.6 Å². The minimum Gasteiger partial charge on any atom is -0.493 e. The number of ether oxygens (including phenoxy) is 2. The molecule has 2 aromatic heterocycles. The summed E-state index contributed by atoms with van der Waals surface area (Å²) in [5, 5.41) is 9.73. The van der Waals surface area contributed by atoms with E-state index in [9.17, 15) is 9.59 Å². The Bertz CT molecular complexity index is 1410. The van der Waals surface area contributed by atoms with E-state index in [1.165, 1.54) is 16.2 Å². The van der Waals surface area contributed by atoms with Crippen LogP contribution in [0.2, 0.25) is 0 Å². The van der Waals surface area contributed by atoms with Crippen molar-refractivity contribution in [2.24, 2.45) is 0 Å². The van der Waals surface area contributed by atoms with Gasteiger partial charge in [0.15, 0.2) is 11.5 Å². The number of nitrogens with zero attached hydrogens (tertiary/aromatic N) is 5. The summed E-state index contributed by atoms with van der Waals surface area (Å²) in [6.45, 7) is 2.79. The van der Waals surface area contributed by atoms with Crippen LogP contribution in [0.4, 0.5) is 10.8 Å². The molecule has 0 bridgehead atoms. The van der Waals surface area contributed by atoms with Gasteiger partial charge in [-0.3, -0.25) is 19.5 Å². The van der Waals surface area contributed by atoms with E-state index in [1.807, 2.05) is 67.6 Å². The lowest BCUT2D eigenvalue weighted by Gasteiger charge is -2.23. The number of para-hydroxylation sites is 1. The maximum Gasteiger partial charge on any atom is 0.253 e. The Kier molecular flexibility index (Phi) is 7.60. The summed E-state index contributed by atoms with van der Waals surface area (Å²) in [7, 11) is 1.60. The van der Waals surface area contributed by atoms with Gasteiger partial charge in [-0.15, -0.1) is 10.2 Å². The summed E-state index contributed by atoms with van der Waals surface area (Å²) in [6.07, 6.45) is 3.69. The van der Waals surface area contributed by atoms with Crippen LogP contribution in [0.15, 0.2) is 73.1 Å². The molecule has 9 nitrogen and oxygen atoms in total. The number of rotatable bonds is 9. The van der Waals surface area contributed by atoms with E-state index in [-0.39, 0.29) is 24.3 Å². The lowest BCUT2D eigenvalue weighted by atomic mass is 9.98. The van der Waals surface area contributed by atoms with E-state index >= 15 is 0 Å². The molecule has 4 aromatic rings. The molecule has 2 amide bonds. The monoisotopic (exact) mass is 529 g/mol. The van der Waals surface area contributed by atoms with Gasteiger partial charge in [-0.2, -0.15) is 0 Å². The number of likely N-dealkylation sites (tertiary alicyclic amines) is 1. The van der Waals surface area contributed by atoms with Crippen molar-refractivity contribution in [2.45, 2.75) is 19.3 Å². The average Bonchev–Trinajstić information content (AvgIpc) is 3.57. The molecule has 0 spiro atoms. The number of hydrogen-bond acceptors (Lipinski definition) is 8. The zero-order valence-electron chi connectivity index (χ0n) is 21.1. The van der Waals surface area contributed by atoms with Crippen molar-refractivity contribution in [3.8, 4) is 22.1 Å². The highest BCUT2D eigenvalue weighted by Gasteiger charge is 2.34. The maximum absolute atomic E-state index is 13.7. The van der Waals surface area contributed by atoms with E-state index in [0.29, 0.717) is 46.9 Å². The molecule has 5 rings (SSSR count). The van der Waals surface area contributed by atoms with Gasteiger partial charge < -0.3 is 14.4 Å². The summed E-state index contributed by atoms with van der Waals surface area (Å²) in [4.78, 5) is 33.8.